The molecule has 0 amide bonds. The lowest BCUT2D eigenvalue weighted by atomic mass is 9.74. The molecule has 1 aromatic carbocycles. The summed E-state index contributed by atoms with van der Waals surface area (Å²) in [6.45, 7) is 0. The Morgan fingerprint density at radius 1 is 1.16 bits per heavy atom. The van der Waals surface area contributed by atoms with Gasteiger partial charge in [-0.2, -0.15) is 13.2 Å². The number of halogens is 4. The summed E-state index contributed by atoms with van der Waals surface area (Å²) in [5.74, 6) is -1.19. The summed E-state index contributed by atoms with van der Waals surface area (Å²) in [6.07, 6.45) is -2.38. The fraction of sp³-hybridized carbons (Fsp3) is 0.571. The first-order valence-corrected chi connectivity index (χ1v) is 6.76. The van der Waals surface area contributed by atoms with Crippen molar-refractivity contribution < 1.29 is 13.2 Å². The van der Waals surface area contributed by atoms with Gasteiger partial charge in [-0.1, -0.05) is 23.7 Å². The first kappa shape index (κ1) is 14.7. The van der Waals surface area contributed by atoms with Crippen LogP contribution in [0.2, 0.25) is 5.02 Å². The van der Waals surface area contributed by atoms with Gasteiger partial charge in [0.1, 0.15) is 0 Å². The summed E-state index contributed by atoms with van der Waals surface area (Å²) in [6, 6.07) is 7.32. The monoisotopic (exact) mass is 291 g/mol. The van der Waals surface area contributed by atoms with Crippen molar-refractivity contribution in [2.24, 2.45) is 11.7 Å². The third-order valence-corrected chi connectivity index (χ3v) is 4.17. The highest BCUT2D eigenvalue weighted by Gasteiger charge is 2.44. The van der Waals surface area contributed by atoms with E-state index in [9.17, 15) is 13.2 Å². The Morgan fingerprint density at radius 2 is 1.68 bits per heavy atom. The number of nitrogens with two attached hydrogens (primary N) is 1. The Hall–Kier alpha value is -0.740. The predicted octanol–water partition coefficient (Wildman–Crippen LogP) is 4.33. The molecule has 0 aromatic heterocycles. The highest BCUT2D eigenvalue weighted by Crippen LogP contribution is 2.41. The van der Waals surface area contributed by atoms with E-state index in [-0.39, 0.29) is 12.8 Å². The SMILES string of the molecule is NC1(Cc2ccc(Cl)cc2)CCC(C(F)(F)F)CC1. The summed E-state index contributed by atoms with van der Waals surface area (Å²) in [4.78, 5) is 0. The van der Waals surface area contributed by atoms with Gasteiger partial charge in [-0.25, -0.2) is 0 Å². The van der Waals surface area contributed by atoms with Crippen LogP contribution in [0, 0.1) is 5.92 Å². The zero-order chi connectivity index (χ0) is 14.1. The Balaban J connectivity index is 1.96. The van der Waals surface area contributed by atoms with Crippen molar-refractivity contribution in [3.05, 3.63) is 34.9 Å². The van der Waals surface area contributed by atoms with Gasteiger partial charge in [0, 0.05) is 10.6 Å². The quantitative estimate of drug-likeness (QED) is 0.862. The standard InChI is InChI=1S/C14H17ClF3N/c15-12-3-1-10(2-4-12)9-13(19)7-5-11(6-8-13)14(16,17)18/h1-4,11H,5-9,19H2. The zero-order valence-electron chi connectivity index (χ0n) is 10.5. The second-order valence-corrected chi connectivity index (χ2v) is 5.92. The van der Waals surface area contributed by atoms with Crippen LogP contribution in [0.25, 0.3) is 0 Å². The molecule has 1 aliphatic rings. The molecule has 0 heterocycles. The van der Waals surface area contributed by atoms with E-state index >= 15 is 0 Å². The van der Waals surface area contributed by atoms with Crippen molar-refractivity contribution in [2.45, 2.75) is 43.8 Å². The maximum absolute atomic E-state index is 12.6. The maximum Gasteiger partial charge on any atom is 0.391 e. The molecule has 5 heteroatoms. The largest absolute Gasteiger partial charge is 0.391 e. The number of benzene rings is 1. The molecule has 1 saturated carbocycles. The third-order valence-electron chi connectivity index (χ3n) is 3.91. The summed E-state index contributed by atoms with van der Waals surface area (Å²) >= 11 is 5.80. The van der Waals surface area contributed by atoms with E-state index in [2.05, 4.69) is 0 Å². The Kier molecular flexibility index (Phi) is 4.11. The van der Waals surface area contributed by atoms with Crippen molar-refractivity contribution in [2.75, 3.05) is 0 Å². The topological polar surface area (TPSA) is 26.0 Å². The van der Waals surface area contributed by atoms with Crippen LogP contribution in [0.3, 0.4) is 0 Å². The van der Waals surface area contributed by atoms with E-state index in [1.807, 2.05) is 12.1 Å². The lowest BCUT2D eigenvalue weighted by Gasteiger charge is -2.38. The minimum atomic E-state index is -4.08. The van der Waals surface area contributed by atoms with Crippen LogP contribution < -0.4 is 5.73 Å². The van der Waals surface area contributed by atoms with Crippen molar-refractivity contribution in [1.29, 1.82) is 0 Å². The highest BCUT2D eigenvalue weighted by atomic mass is 35.5. The van der Waals surface area contributed by atoms with E-state index in [1.165, 1.54) is 0 Å². The van der Waals surface area contributed by atoms with E-state index in [4.69, 9.17) is 17.3 Å². The second-order valence-electron chi connectivity index (χ2n) is 5.48. The lowest BCUT2D eigenvalue weighted by Crippen LogP contribution is -2.47. The molecule has 0 atom stereocenters. The molecule has 2 rings (SSSR count). The molecule has 0 bridgehead atoms. The average molecular weight is 292 g/mol. The summed E-state index contributed by atoms with van der Waals surface area (Å²) < 4.78 is 37.8. The van der Waals surface area contributed by atoms with Gasteiger partial charge < -0.3 is 5.73 Å². The van der Waals surface area contributed by atoms with Crippen LogP contribution in [-0.2, 0) is 6.42 Å². The molecule has 1 aliphatic carbocycles. The average Bonchev–Trinajstić information content (AvgIpc) is 2.31. The van der Waals surface area contributed by atoms with E-state index in [0.717, 1.165) is 5.56 Å². The van der Waals surface area contributed by atoms with Crippen LogP contribution >= 0.6 is 11.6 Å². The van der Waals surface area contributed by atoms with Gasteiger partial charge in [-0.15, -0.1) is 0 Å². The van der Waals surface area contributed by atoms with E-state index in [1.54, 1.807) is 12.1 Å². The predicted molar refractivity (Wildman–Crippen MR) is 70.1 cm³/mol. The van der Waals surface area contributed by atoms with Crippen LogP contribution in [0.1, 0.15) is 31.2 Å². The molecule has 1 aromatic rings. The Bertz CT molecular complexity index is 419. The molecule has 0 spiro atoms. The minimum Gasteiger partial charge on any atom is -0.325 e. The maximum atomic E-state index is 12.6. The molecule has 0 aliphatic heterocycles. The van der Waals surface area contributed by atoms with Gasteiger partial charge in [0.2, 0.25) is 0 Å². The molecule has 0 saturated heterocycles. The van der Waals surface area contributed by atoms with E-state index in [0.29, 0.717) is 24.3 Å². The molecule has 1 nitrogen and oxygen atoms in total. The van der Waals surface area contributed by atoms with E-state index < -0.39 is 17.6 Å². The van der Waals surface area contributed by atoms with Gasteiger partial charge in [0.25, 0.3) is 0 Å². The minimum absolute atomic E-state index is 0.133. The number of hydrogen-bond acceptors (Lipinski definition) is 1. The first-order chi connectivity index (χ1) is 8.78. The van der Waals surface area contributed by atoms with Gasteiger partial charge >= 0.3 is 6.18 Å². The van der Waals surface area contributed by atoms with Crippen molar-refractivity contribution in [3.63, 3.8) is 0 Å². The van der Waals surface area contributed by atoms with Crippen LogP contribution in [0.4, 0.5) is 13.2 Å². The number of alkyl halides is 3. The summed E-state index contributed by atoms with van der Waals surface area (Å²) in [5, 5.41) is 0.649. The molecule has 0 radical (unpaired) electrons. The molecule has 2 N–H and O–H groups in total. The Morgan fingerprint density at radius 3 is 2.16 bits per heavy atom. The van der Waals surface area contributed by atoms with Crippen LogP contribution in [0.5, 0.6) is 0 Å². The first-order valence-electron chi connectivity index (χ1n) is 6.39. The van der Waals surface area contributed by atoms with Gasteiger partial charge in [-0.05, 0) is 49.8 Å². The Labute approximate surface area is 115 Å². The van der Waals surface area contributed by atoms with Crippen molar-refractivity contribution in [3.8, 4) is 0 Å². The van der Waals surface area contributed by atoms with Crippen LogP contribution in [0.15, 0.2) is 24.3 Å². The normalized spacial score (nSPS) is 28.4. The molecule has 1 fully saturated rings. The zero-order valence-corrected chi connectivity index (χ0v) is 11.3. The molecular formula is C14H17ClF3N. The van der Waals surface area contributed by atoms with Gasteiger partial charge in [-0.3, -0.25) is 0 Å². The molecule has 106 valence electrons. The lowest BCUT2D eigenvalue weighted by molar-refractivity contribution is -0.184. The summed E-state index contributed by atoms with van der Waals surface area (Å²) in [7, 11) is 0. The third kappa shape index (κ3) is 3.86. The fourth-order valence-electron chi connectivity index (χ4n) is 2.71. The van der Waals surface area contributed by atoms with Crippen LogP contribution in [-0.4, -0.2) is 11.7 Å². The smallest absolute Gasteiger partial charge is 0.325 e. The molecular weight excluding hydrogens is 275 g/mol. The number of rotatable bonds is 2. The molecule has 0 unspecified atom stereocenters. The van der Waals surface area contributed by atoms with Gasteiger partial charge in [0.15, 0.2) is 0 Å². The second kappa shape index (κ2) is 5.33. The highest BCUT2D eigenvalue weighted by molar-refractivity contribution is 6.30. The molecule has 19 heavy (non-hydrogen) atoms. The van der Waals surface area contributed by atoms with Crippen molar-refractivity contribution >= 4 is 11.6 Å². The fourth-order valence-corrected chi connectivity index (χ4v) is 2.83. The number of hydrogen-bond donors (Lipinski definition) is 1. The summed E-state index contributed by atoms with van der Waals surface area (Å²) in [5.41, 5.74) is 6.74. The van der Waals surface area contributed by atoms with Gasteiger partial charge in [0.05, 0.1) is 5.92 Å². The van der Waals surface area contributed by atoms with Crippen molar-refractivity contribution in [1.82, 2.24) is 0 Å².